The van der Waals surface area contributed by atoms with E-state index in [1.165, 1.54) is 0 Å². The fourth-order valence-electron chi connectivity index (χ4n) is 1.31. The van der Waals surface area contributed by atoms with Crippen molar-refractivity contribution in [1.29, 1.82) is 0 Å². The number of carbonyl (C=O) groups is 2. The van der Waals surface area contributed by atoms with Crippen molar-refractivity contribution in [2.75, 3.05) is 6.61 Å². The van der Waals surface area contributed by atoms with E-state index in [2.05, 4.69) is 26.0 Å². The van der Waals surface area contributed by atoms with Crippen LogP contribution in [0.25, 0.3) is 0 Å². The molecule has 0 heterocycles. The van der Waals surface area contributed by atoms with Gasteiger partial charge in [-0.3, -0.25) is 4.79 Å². The van der Waals surface area contributed by atoms with E-state index in [-0.39, 0.29) is 12.6 Å². The van der Waals surface area contributed by atoms with Gasteiger partial charge in [0.2, 0.25) is 0 Å². The summed E-state index contributed by atoms with van der Waals surface area (Å²) in [6, 6.07) is 7.27. The first-order chi connectivity index (χ1) is 8.04. The van der Waals surface area contributed by atoms with Gasteiger partial charge in [-0.1, -0.05) is 28.1 Å². The molecule has 0 aliphatic rings. The van der Waals surface area contributed by atoms with Crippen molar-refractivity contribution in [2.45, 2.75) is 19.9 Å². The van der Waals surface area contributed by atoms with Crippen molar-refractivity contribution < 1.29 is 14.3 Å². The Bertz CT molecular complexity index is 420. The van der Waals surface area contributed by atoms with Gasteiger partial charge in [-0.05, 0) is 31.5 Å². The van der Waals surface area contributed by atoms with Crippen LogP contribution < -0.4 is 5.32 Å². The van der Waals surface area contributed by atoms with Crippen LogP contribution in [0, 0.1) is 0 Å². The topological polar surface area (TPSA) is 55.4 Å². The Morgan fingerprint density at radius 1 is 1.47 bits per heavy atom. The van der Waals surface area contributed by atoms with E-state index < -0.39 is 11.9 Å². The molecule has 0 aliphatic carbocycles. The summed E-state index contributed by atoms with van der Waals surface area (Å²) in [5, 5.41) is 2.57. The molecule has 0 aromatic heterocycles. The molecule has 0 saturated carbocycles. The minimum Gasteiger partial charge on any atom is -0.459 e. The van der Waals surface area contributed by atoms with Crippen LogP contribution in [-0.2, 0) is 14.3 Å². The van der Waals surface area contributed by atoms with Crippen molar-refractivity contribution in [2.24, 2.45) is 0 Å². The molecular weight excluding hydrogens is 286 g/mol. The highest BCUT2D eigenvalue weighted by atomic mass is 79.9. The van der Waals surface area contributed by atoms with Crippen LogP contribution in [-0.4, -0.2) is 18.5 Å². The van der Waals surface area contributed by atoms with Gasteiger partial charge in [-0.15, -0.1) is 0 Å². The Balaban J connectivity index is 2.63. The number of hydrogen-bond acceptors (Lipinski definition) is 3. The predicted octanol–water partition coefficient (Wildman–Crippen LogP) is 2.19. The van der Waals surface area contributed by atoms with Crippen molar-refractivity contribution in [1.82, 2.24) is 5.32 Å². The summed E-state index contributed by atoms with van der Waals surface area (Å²) in [4.78, 5) is 22.5. The molecule has 0 bridgehead atoms. The predicted molar refractivity (Wildman–Crippen MR) is 67.3 cm³/mol. The molecule has 1 rings (SSSR count). The Labute approximate surface area is 108 Å². The Hall–Kier alpha value is -1.36. The molecule has 1 aromatic rings. The Kier molecular flexibility index (Phi) is 5.15. The van der Waals surface area contributed by atoms with E-state index in [1.54, 1.807) is 13.8 Å². The molecule has 1 N–H and O–H groups in total. The molecule has 0 fully saturated rings. The number of nitrogens with one attached hydrogen (secondary N) is 1. The van der Waals surface area contributed by atoms with Crippen LogP contribution >= 0.6 is 15.9 Å². The lowest BCUT2D eigenvalue weighted by Gasteiger charge is -2.13. The van der Waals surface area contributed by atoms with Crippen LogP contribution in [0.3, 0.4) is 0 Å². The van der Waals surface area contributed by atoms with Gasteiger partial charge < -0.3 is 10.1 Å². The third-order valence-electron chi connectivity index (χ3n) is 2.16. The molecule has 0 aliphatic heterocycles. The van der Waals surface area contributed by atoms with Crippen molar-refractivity contribution in [3.63, 3.8) is 0 Å². The second-order valence-corrected chi connectivity index (χ2v) is 4.39. The zero-order valence-electron chi connectivity index (χ0n) is 9.70. The maximum absolute atomic E-state index is 11.4. The summed E-state index contributed by atoms with van der Waals surface area (Å²) < 4.78 is 5.53. The third-order valence-corrected chi connectivity index (χ3v) is 2.65. The van der Waals surface area contributed by atoms with E-state index in [0.717, 1.165) is 10.0 Å². The molecule has 17 heavy (non-hydrogen) atoms. The molecule has 92 valence electrons. The van der Waals surface area contributed by atoms with Gasteiger partial charge >= 0.3 is 11.9 Å². The quantitative estimate of drug-likeness (QED) is 0.687. The fourth-order valence-corrected chi connectivity index (χ4v) is 1.73. The van der Waals surface area contributed by atoms with Gasteiger partial charge in [-0.2, -0.15) is 0 Å². The number of amides is 1. The molecule has 0 saturated heterocycles. The number of rotatable bonds is 3. The van der Waals surface area contributed by atoms with Crippen molar-refractivity contribution >= 4 is 27.8 Å². The molecule has 5 heteroatoms. The van der Waals surface area contributed by atoms with E-state index in [0.29, 0.717) is 0 Å². The highest BCUT2D eigenvalue weighted by molar-refractivity contribution is 9.10. The van der Waals surface area contributed by atoms with Crippen molar-refractivity contribution in [3.8, 4) is 0 Å². The highest BCUT2D eigenvalue weighted by Crippen LogP contribution is 2.17. The summed E-state index contributed by atoms with van der Waals surface area (Å²) in [5.41, 5.74) is 0.914. The largest absolute Gasteiger partial charge is 0.459 e. The lowest BCUT2D eigenvalue weighted by Crippen LogP contribution is -2.34. The van der Waals surface area contributed by atoms with E-state index in [4.69, 9.17) is 0 Å². The molecule has 4 nitrogen and oxygen atoms in total. The lowest BCUT2D eigenvalue weighted by atomic mass is 10.1. The maximum atomic E-state index is 11.4. The minimum absolute atomic E-state index is 0.192. The van der Waals surface area contributed by atoms with Gasteiger partial charge in [0.15, 0.2) is 0 Å². The average molecular weight is 300 g/mol. The third kappa shape index (κ3) is 4.19. The standard InChI is InChI=1S/C12H14BrNO3/c1-3-17-12(16)11(15)14-8(2)9-5-4-6-10(13)7-9/h4-8H,3H2,1-2H3,(H,14,15). The van der Waals surface area contributed by atoms with Gasteiger partial charge in [0.25, 0.3) is 0 Å². The zero-order chi connectivity index (χ0) is 12.8. The number of ether oxygens (including phenoxy) is 1. The summed E-state index contributed by atoms with van der Waals surface area (Å²) in [6.45, 7) is 3.65. The van der Waals surface area contributed by atoms with Crippen molar-refractivity contribution in [3.05, 3.63) is 34.3 Å². The van der Waals surface area contributed by atoms with Gasteiger partial charge in [-0.25, -0.2) is 4.79 Å². The second kappa shape index (κ2) is 6.39. The summed E-state index contributed by atoms with van der Waals surface area (Å²) >= 11 is 3.35. The number of benzene rings is 1. The maximum Gasteiger partial charge on any atom is 0.396 e. The Morgan fingerprint density at radius 3 is 2.76 bits per heavy atom. The van der Waals surface area contributed by atoms with E-state index in [1.807, 2.05) is 24.3 Å². The van der Waals surface area contributed by atoms with Gasteiger partial charge in [0.05, 0.1) is 12.6 Å². The minimum atomic E-state index is -0.852. The molecular formula is C12H14BrNO3. The van der Waals surface area contributed by atoms with Crippen LogP contribution in [0.5, 0.6) is 0 Å². The summed E-state index contributed by atoms with van der Waals surface area (Å²) in [6.07, 6.45) is 0. The Morgan fingerprint density at radius 2 is 2.18 bits per heavy atom. The normalized spacial score (nSPS) is 11.7. The second-order valence-electron chi connectivity index (χ2n) is 3.47. The molecule has 1 aromatic carbocycles. The first-order valence-electron chi connectivity index (χ1n) is 5.27. The monoisotopic (exact) mass is 299 g/mol. The average Bonchev–Trinajstić information content (AvgIpc) is 2.29. The number of carbonyl (C=O) groups excluding carboxylic acids is 2. The number of hydrogen-bond donors (Lipinski definition) is 1. The zero-order valence-corrected chi connectivity index (χ0v) is 11.3. The molecule has 1 amide bonds. The lowest BCUT2D eigenvalue weighted by molar-refractivity contribution is -0.154. The first-order valence-corrected chi connectivity index (χ1v) is 6.07. The van der Waals surface area contributed by atoms with Gasteiger partial charge in [0.1, 0.15) is 0 Å². The van der Waals surface area contributed by atoms with Crippen LogP contribution in [0.4, 0.5) is 0 Å². The van der Waals surface area contributed by atoms with Crippen LogP contribution in [0.15, 0.2) is 28.7 Å². The highest BCUT2D eigenvalue weighted by Gasteiger charge is 2.17. The summed E-state index contributed by atoms with van der Waals surface area (Å²) in [7, 11) is 0. The van der Waals surface area contributed by atoms with E-state index in [9.17, 15) is 9.59 Å². The SMILES string of the molecule is CCOC(=O)C(=O)NC(C)c1cccc(Br)c1. The van der Waals surface area contributed by atoms with Crippen LogP contribution in [0.1, 0.15) is 25.5 Å². The summed E-state index contributed by atoms with van der Waals surface area (Å²) in [5.74, 6) is -1.58. The molecule has 1 atom stereocenters. The number of halogens is 1. The molecule has 0 radical (unpaired) electrons. The number of esters is 1. The molecule has 1 unspecified atom stereocenters. The first kappa shape index (κ1) is 13.7. The smallest absolute Gasteiger partial charge is 0.396 e. The molecule has 0 spiro atoms. The van der Waals surface area contributed by atoms with E-state index >= 15 is 0 Å². The van der Waals surface area contributed by atoms with Gasteiger partial charge in [0, 0.05) is 4.47 Å². The fraction of sp³-hybridized carbons (Fsp3) is 0.333. The van der Waals surface area contributed by atoms with Crippen LogP contribution in [0.2, 0.25) is 0 Å².